The van der Waals surface area contributed by atoms with Crippen LogP contribution in [0.3, 0.4) is 0 Å². The number of aryl methyl sites for hydroxylation is 1. The third-order valence-electron chi connectivity index (χ3n) is 1.65. The van der Waals surface area contributed by atoms with Gasteiger partial charge in [-0.05, 0) is 27.7 Å². The molecule has 76 valence electrons. The van der Waals surface area contributed by atoms with E-state index in [0.717, 1.165) is 15.8 Å². The number of nitrogens with zero attached hydrogens (tertiary/aromatic N) is 3. The van der Waals surface area contributed by atoms with Crippen LogP contribution in [0.5, 0.6) is 0 Å². The summed E-state index contributed by atoms with van der Waals surface area (Å²) in [5, 5.41) is 8.62. The molecule has 2 aromatic rings. The van der Waals surface area contributed by atoms with Crippen LogP contribution in [0.4, 0.5) is 5.13 Å². The zero-order valence-corrected chi connectivity index (χ0v) is 9.64. The fraction of sp³-hybridized carbons (Fsp3) is 0.556. The van der Waals surface area contributed by atoms with Crippen molar-refractivity contribution in [2.75, 3.05) is 5.32 Å². The van der Waals surface area contributed by atoms with Crippen LogP contribution in [0.15, 0.2) is 6.20 Å². The lowest BCUT2D eigenvalue weighted by Crippen LogP contribution is -2.25. The Balaban J connectivity index is 2.32. The lowest BCUT2D eigenvalue weighted by molar-refractivity contribution is 0.631. The Kier molecular flexibility index (Phi) is 1.99. The Morgan fingerprint density at radius 2 is 2.14 bits per heavy atom. The molecule has 2 rings (SSSR count). The van der Waals surface area contributed by atoms with Crippen LogP contribution in [0.2, 0.25) is 0 Å². The van der Waals surface area contributed by atoms with Gasteiger partial charge in [0.1, 0.15) is 0 Å². The van der Waals surface area contributed by atoms with Gasteiger partial charge in [-0.1, -0.05) is 11.3 Å². The lowest BCUT2D eigenvalue weighted by atomic mass is 10.1. The minimum absolute atomic E-state index is 0.0465. The lowest BCUT2D eigenvalue weighted by Gasteiger charge is -2.18. The standard InChI is InChI=1S/C9H14N4S/c1-6-5-13-8(10-6)14-7(12-13)11-9(2,3)4/h5H,1-4H3,(H,11,12). The van der Waals surface area contributed by atoms with Gasteiger partial charge in [0, 0.05) is 5.54 Å². The average molecular weight is 210 g/mol. The molecular weight excluding hydrogens is 196 g/mol. The second kappa shape index (κ2) is 2.95. The molecule has 1 N–H and O–H groups in total. The van der Waals surface area contributed by atoms with Crippen molar-refractivity contribution >= 4 is 21.4 Å². The van der Waals surface area contributed by atoms with Crippen molar-refractivity contribution in [2.45, 2.75) is 33.2 Å². The highest BCUT2D eigenvalue weighted by Crippen LogP contribution is 2.21. The minimum Gasteiger partial charge on any atom is -0.355 e. The molecule has 0 saturated carbocycles. The van der Waals surface area contributed by atoms with E-state index in [0.29, 0.717) is 0 Å². The molecule has 0 amide bonds. The highest BCUT2D eigenvalue weighted by atomic mass is 32.1. The van der Waals surface area contributed by atoms with Gasteiger partial charge in [-0.2, -0.15) is 0 Å². The van der Waals surface area contributed by atoms with E-state index in [1.54, 1.807) is 11.3 Å². The molecule has 0 aromatic carbocycles. The average Bonchev–Trinajstić information content (AvgIpc) is 2.39. The summed E-state index contributed by atoms with van der Waals surface area (Å²) >= 11 is 1.57. The van der Waals surface area contributed by atoms with Gasteiger partial charge in [0.15, 0.2) is 0 Å². The number of hydrogen-bond acceptors (Lipinski definition) is 4. The summed E-state index contributed by atoms with van der Waals surface area (Å²) in [6.07, 6.45) is 1.93. The predicted octanol–water partition coefficient (Wildman–Crippen LogP) is 2.31. The first-order valence-electron chi connectivity index (χ1n) is 4.55. The van der Waals surface area contributed by atoms with E-state index < -0.39 is 0 Å². The Labute approximate surface area is 87.0 Å². The Bertz CT molecular complexity index is 417. The van der Waals surface area contributed by atoms with E-state index in [2.05, 4.69) is 36.2 Å². The third kappa shape index (κ3) is 1.87. The summed E-state index contributed by atoms with van der Waals surface area (Å²) in [5.41, 5.74) is 1.05. The number of hydrogen-bond donors (Lipinski definition) is 1. The highest BCUT2D eigenvalue weighted by molar-refractivity contribution is 7.20. The van der Waals surface area contributed by atoms with Crippen molar-refractivity contribution in [1.29, 1.82) is 0 Å². The molecule has 0 aliphatic rings. The molecule has 4 nitrogen and oxygen atoms in total. The maximum atomic E-state index is 4.38. The zero-order chi connectivity index (χ0) is 10.3. The number of imidazole rings is 1. The molecule has 14 heavy (non-hydrogen) atoms. The largest absolute Gasteiger partial charge is 0.355 e. The molecule has 0 bridgehead atoms. The van der Waals surface area contributed by atoms with Crippen LogP contribution < -0.4 is 5.32 Å². The third-order valence-corrected chi connectivity index (χ3v) is 2.48. The van der Waals surface area contributed by atoms with Crippen molar-refractivity contribution in [3.8, 4) is 0 Å². The molecule has 0 atom stereocenters. The summed E-state index contributed by atoms with van der Waals surface area (Å²) in [7, 11) is 0. The molecular formula is C9H14N4S. The van der Waals surface area contributed by atoms with Crippen LogP contribution >= 0.6 is 11.3 Å². The summed E-state index contributed by atoms with van der Waals surface area (Å²) in [5.74, 6) is 0. The highest BCUT2D eigenvalue weighted by Gasteiger charge is 2.13. The number of aromatic nitrogens is 3. The SMILES string of the molecule is Cc1cn2nc(NC(C)(C)C)sc2n1. The predicted molar refractivity (Wildman–Crippen MR) is 59.0 cm³/mol. The molecule has 0 unspecified atom stereocenters. The molecule has 2 heterocycles. The topological polar surface area (TPSA) is 42.2 Å². The van der Waals surface area contributed by atoms with E-state index in [1.807, 2.05) is 17.6 Å². The molecule has 2 aromatic heterocycles. The second-order valence-electron chi connectivity index (χ2n) is 4.39. The normalized spacial score (nSPS) is 12.3. The Morgan fingerprint density at radius 3 is 2.71 bits per heavy atom. The summed E-state index contributed by atoms with van der Waals surface area (Å²) in [4.78, 5) is 5.28. The van der Waals surface area contributed by atoms with Crippen molar-refractivity contribution in [3.63, 3.8) is 0 Å². The maximum Gasteiger partial charge on any atom is 0.214 e. The first-order chi connectivity index (χ1) is 6.44. The van der Waals surface area contributed by atoms with Crippen molar-refractivity contribution in [2.24, 2.45) is 0 Å². The fourth-order valence-electron chi connectivity index (χ4n) is 1.18. The first-order valence-corrected chi connectivity index (χ1v) is 5.37. The van der Waals surface area contributed by atoms with Gasteiger partial charge in [-0.25, -0.2) is 9.50 Å². The van der Waals surface area contributed by atoms with Gasteiger partial charge in [0.2, 0.25) is 10.1 Å². The zero-order valence-electron chi connectivity index (χ0n) is 8.83. The van der Waals surface area contributed by atoms with Crippen molar-refractivity contribution in [1.82, 2.24) is 14.6 Å². The van der Waals surface area contributed by atoms with E-state index in [9.17, 15) is 0 Å². The van der Waals surface area contributed by atoms with E-state index in [1.165, 1.54) is 0 Å². The monoisotopic (exact) mass is 210 g/mol. The van der Waals surface area contributed by atoms with Gasteiger partial charge in [-0.15, -0.1) is 5.10 Å². The fourth-order valence-corrected chi connectivity index (χ4v) is 2.22. The van der Waals surface area contributed by atoms with Crippen LogP contribution in [0, 0.1) is 6.92 Å². The summed E-state index contributed by atoms with van der Waals surface area (Å²) in [6.45, 7) is 8.31. The number of rotatable bonds is 1. The molecule has 0 saturated heterocycles. The first kappa shape index (κ1) is 9.45. The van der Waals surface area contributed by atoms with Gasteiger partial charge in [0.25, 0.3) is 0 Å². The summed E-state index contributed by atoms with van der Waals surface area (Å²) < 4.78 is 1.81. The molecule has 5 heteroatoms. The van der Waals surface area contributed by atoms with Gasteiger partial charge in [0.05, 0.1) is 11.9 Å². The van der Waals surface area contributed by atoms with Gasteiger partial charge >= 0.3 is 0 Å². The number of nitrogens with one attached hydrogen (secondary N) is 1. The number of fused-ring (bicyclic) bond motifs is 1. The van der Waals surface area contributed by atoms with E-state index in [4.69, 9.17) is 0 Å². The maximum absolute atomic E-state index is 4.38. The molecule has 0 radical (unpaired) electrons. The second-order valence-corrected chi connectivity index (χ2v) is 5.35. The molecule has 0 spiro atoms. The summed E-state index contributed by atoms with van der Waals surface area (Å²) in [6, 6.07) is 0. The van der Waals surface area contributed by atoms with Crippen molar-refractivity contribution < 1.29 is 0 Å². The van der Waals surface area contributed by atoms with Crippen LogP contribution in [-0.2, 0) is 0 Å². The smallest absolute Gasteiger partial charge is 0.214 e. The van der Waals surface area contributed by atoms with E-state index >= 15 is 0 Å². The van der Waals surface area contributed by atoms with Gasteiger partial charge < -0.3 is 5.32 Å². The van der Waals surface area contributed by atoms with Crippen molar-refractivity contribution in [3.05, 3.63) is 11.9 Å². The van der Waals surface area contributed by atoms with Crippen LogP contribution in [0.1, 0.15) is 26.5 Å². The molecule has 0 fully saturated rings. The number of anilines is 1. The molecule has 0 aliphatic carbocycles. The minimum atomic E-state index is 0.0465. The van der Waals surface area contributed by atoms with Crippen LogP contribution in [-0.4, -0.2) is 20.1 Å². The van der Waals surface area contributed by atoms with Crippen LogP contribution in [0.25, 0.3) is 4.96 Å². The van der Waals surface area contributed by atoms with E-state index in [-0.39, 0.29) is 5.54 Å². The molecule has 0 aliphatic heterocycles. The Morgan fingerprint density at radius 1 is 1.43 bits per heavy atom. The Hall–Kier alpha value is -1.10. The quantitative estimate of drug-likeness (QED) is 0.785. The van der Waals surface area contributed by atoms with Gasteiger partial charge in [-0.3, -0.25) is 0 Å².